The molecule has 4 heteroatoms. The van der Waals surface area contributed by atoms with Gasteiger partial charge >= 0.3 is 74.5 Å². The van der Waals surface area contributed by atoms with Crippen molar-refractivity contribution in [2.24, 2.45) is 0 Å². The second kappa shape index (κ2) is 4.57. The van der Waals surface area contributed by atoms with Crippen LogP contribution in [-0.4, -0.2) is 0 Å². The summed E-state index contributed by atoms with van der Waals surface area (Å²) in [4.78, 5) is 0. The van der Waals surface area contributed by atoms with Gasteiger partial charge in [-0.15, -0.1) is 0 Å². The molecule has 1 aromatic rings. The van der Waals surface area contributed by atoms with Crippen LogP contribution in [0.3, 0.4) is 0 Å². The van der Waals surface area contributed by atoms with E-state index in [9.17, 15) is 0 Å². The maximum absolute atomic E-state index is 5.71. The molecule has 0 spiro atoms. The van der Waals surface area contributed by atoms with E-state index in [4.69, 9.17) is 19.4 Å². The van der Waals surface area contributed by atoms with Crippen molar-refractivity contribution in [1.29, 1.82) is 0 Å². The molecule has 0 aliphatic carbocycles. The van der Waals surface area contributed by atoms with Crippen molar-refractivity contribution in [2.75, 3.05) is 0 Å². The number of hydrogen-bond donors (Lipinski definition) is 0. The Morgan fingerprint density at radius 1 is 1.10 bits per heavy atom. The van der Waals surface area contributed by atoms with E-state index in [0.717, 1.165) is 6.46 Å². The van der Waals surface area contributed by atoms with Crippen LogP contribution < -0.4 is 5.30 Å². The van der Waals surface area contributed by atoms with Crippen LogP contribution in [0.4, 0.5) is 0 Å². The standard InChI is InChI=1S/C6H5P.2ClH.Ru/c7-6-4-2-1-3-5-6;;;/h1-5H;2*1H;/q;;;+2/p-2. The predicted octanol–water partition coefficient (Wildman–Crippen LogP) is 3.10. The molecular formula is C6H5Cl2PRu. The molecule has 1 rings (SSSR count). The first-order chi connectivity index (χ1) is 4.79. The third kappa shape index (κ3) is 3.21. The molecule has 0 radical (unpaired) electrons. The van der Waals surface area contributed by atoms with Gasteiger partial charge in [0.1, 0.15) is 0 Å². The van der Waals surface area contributed by atoms with E-state index in [-0.39, 0.29) is 0 Å². The Morgan fingerprint density at radius 3 is 2.20 bits per heavy atom. The van der Waals surface area contributed by atoms with Gasteiger partial charge in [0.05, 0.1) is 0 Å². The second-order valence-corrected chi connectivity index (χ2v) is 12.3. The van der Waals surface area contributed by atoms with E-state index < -0.39 is 13.0 Å². The van der Waals surface area contributed by atoms with Crippen molar-refractivity contribution < 1.29 is 13.0 Å². The van der Waals surface area contributed by atoms with Crippen molar-refractivity contribution in [3.63, 3.8) is 0 Å². The van der Waals surface area contributed by atoms with Crippen LogP contribution in [0.15, 0.2) is 30.3 Å². The van der Waals surface area contributed by atoms with E-state index >= 15 is 0 Å². The molecule has 0 saturated carbocycles. The summed E-state index contributed by atoms with van der Waals surface area (Å²) in [5, 5.41) is 1.21. The van der Waals surface area contributed by atoms with Gasteiger partial charge in [-0.05, 0) is 0 Å². The molecule has 0 unspecified atom stereocenters. The van der Waals surface area contributed by atoms with Crippen molar-refractivity contribution in [1.82, 2.24) is 0 Å². The van der Waals surface area contributed by atoms with Crippen LogP contribution in [0, 0.1) is 0 Å². The summed E-state index contributed by atoms with van der Waals surface area (Å²) in [7, 11) is 11.4. The van der Waals surface area contributed by atoms with Gasteiger partial charge in [0.15, 0.2) is 0 Å². The molecule has 56 valence electrons. The second-order valence-electron chi connectivity index (χ2n) is 1.58. The molecule has 0 saturated heterocycles. The van der Waals surface area contributed by atoms with Gasteiger partial charge in [0, 0.05) is 0 Å². The first-order valence-electron chi connectivity index (χ1n) is 2.56. The average Bonchev–Trinajstić information content (AvgIpc) is 1.88. The predicted molar refractivity (Wildman–Crippen MR) is 44.7 cm³/mol. The molecule has 0 fully saturated rings. The van der Waals surface area contributed by atoms with Gasteiger partial charge in [-0.3, -0.25) is 0 Å². The van der Waals surface area contributed by atoms with E-state index in [0.29, 0.717) is 0 Å². The molecule has 0 nitrogen and oxygen atoms in total. The summed E-state index contributed by atoms with van der Waals surface area (Å²) in [5.74, 6) is 0. The Bertz CT molecular complexity index is 231. The summed E-state index contributed by atoms with van der Waals surface area (Å²) in [5.41, 5.74) is 0. The monoisotopic (exact) mass is 280 g/mol. The zero-order valence-electron chi connectivity index (χ0n) is 4.94. The number of halogens is 2. The van der Waals surface area contributed by atoms with Crippen molar-refractivity contribution in [3.05, 3.63) is 30.3 Å². The van der Waals surface area contributed by atoms with Crippen LogP contribution in [0.5, 0.6) is 0 Å². The number of benzene rings is 1. The Hall–Kier alpha value is 0.723. The fourth-order valence-corrected chi connectivity index (χ4v) is 5.21. The summed E-state index contributed by atoms with van der Waals surface area (Å²) in [6.45, 7) is 1.10. The van der Waals surface area contributed by atoms with Crippen LogP contribution in [0.1, 0.15) is 0 Å². The topological polar surface area (TPSA) is 0 Å². The van der Waals surface area contributed by atoms with Crippen LogP contribution in [0.25, 0.3) is 0 Å². The van der Waals surface area contributed by atoms with Crippen LogP contribution >= 0.6 is 25.8 Å². The molecule has 10 heavy (non-hydrogen) atoms. The molecule has 0 bridgehead atoms. The third-order valence-electron chi connectivity index (χ3n) is 0.907. The molecule has 0 atom stereocenters. The quantitative estimate of drug-likeness (QED) is 0.547. The fourth-order valence-electron chi connectivity index (χ4n) is 0.550. The molecule has 1 aromatic carbocycles. The van der Waals surface area contributed by atoms with Crippen molar-refractivity contribution in [2.45, 2.75) is 0 Å². The van der Waals surface area contributed by atoms with Gasteiger partial charge < -0.3 is 0 Å². The van der Waals surface area contributed by atoms with Crippen molar-refractivity contribution in [3.8, 4) is 0 Å². The van der Waals surface area contributed by atoms with Crippen LogP contribution in [0.2, 0.25) is 0 Å². The molecule has 0 aromatic heterocycles. The first kappa shape index (κ1) is 8.82. The van der Waals surface area contributed by atoms with Crippen LogP contribution in [-0.2, 0) is 13.0 Å². The molecule has 0 aliphatic heterocycles. The zero-order valence-corrected chi connectivity index (χ0v) is 9.09. The number of rotatable bonds is 1. The summed E-state index contributed by atoms with van der Waals surface area (Å²) in [6.07, 6.45) is 0. The van der Waals surface area contributed by atoms with Crippen molar-refractivity contribution >= 4 is 31.1 Å². The van der Waals surface area contributed by atoms with Gasteiger partial charge in [0.25, 0.3) is 0 Å². The number of hydrogen-bond acceptors (Lipinski definition) is 0. The average molecular weight is 280 g/mol. The Kier molecular flexibility index (Phi) is 4.03. The van der Waals surface area contributed by atoms with Gasteiger partial charge in [0.2, 0.25) is 0 Å². The fraction of sp³-hybridized carbons (Fsp3) is 0. The molecule has 0 aliphatic rings. The van der Waals surface area contributed by atoms with E-state index in [1.165, 1.54) is 5.30 Å². The van der Waals surface area contributed by atoms with E-state index in [1.54, 1.807) is 0 Å². The zero-order chi connectivity index (χ0) is 7.40. The SMILES string of the molecule is [Cl][Ru]([Cl])=[P]c1ccccc1. The minimum absolute atomic E-state index is 1.10. The molecular weight excluding hydrogens is 275 g/mol. The normalized spacial score (nSPS) is 11.6. The molecule has 0 N–H and O–H groups in total. The van der Waals surface area contributed by atoms with Gasteiger partial charge in [-0.1, -0.05) is 0 Å². The van der Waals surface area contributed by atoms with E-state index in [1.807, 2.05) is 30.3 Å². The Balaban J connectivity index is 2.87. The Labute approximate surface area is 74.3 Å². The van der Waals surface area contributed by atoms with Gasteiger partial charge in [-0.2, -0.15) is 0 Å². The summed E-state index contributed by atoms with van der Waals surface area (Å²) < 4.78 is 0. The molecule has 0 heterocycles. The summed E-state index contributed by atoms with van der Waals surface area (Å²) >= 11 is -1.52. The van der Waals surface area contributed by atoms with E-state index in [2.05, 4.69) is 0 Å². The maximum atomic E-state index is 5.71. The van der Waals surface area contributed by atoms with Gasteiger partial charge in [-0.25, -0.2) is 0 Å². The first-order valence-corrected chi connectivity index (χ1v) is 10.1. The third-order valence-corrected chi connectivity index (χ3v) is 5.86. The minimum atomic E-state index is -1.52. The molecule has 0 amide bonds. The Morgan fingerprint density at radius 2 is 1.70 bits per heavy atom. The summed E-state index contributed by atoms with van der Waals surface area (Å²) in [6, 6.07) is 10.0.